The van der Waals surface area contributed by atoms with Crippen LogP contribution in [0.1, 0.15) is 72.9 Å². The van der Waals surface area contributed by atoms with Gasteiger partial charge in [-0.15, -0.1) is 26.6 Å². The molecule has 9 nitrogen and oxygen atoms in total. The second-order valence-electron chi connectivity index (χ2n) is 9.86. The van der Waals surface area contributed by atoms with Gasteiger partial charge in [-0.25, -0.2) is 4.68 Å². The largest absolute Gasteiger partial charge is 0.385 e. The van der Waals surface area contributed by atoms with Crippen molar-refractivity contribution in [1.29, 1.82) is 0 Å². The first kappa shape index (κ1) is 24.5. The van der Waals surface area contributed by atoms with E-state index in [1.165, 1.54) is 10.4 Å². The molecule has 5 rings (SSSR count). The molecule has 1 unspecified atom stereocenters. The first-order valence-electron chi connectivity index (χ1n) is 12.8. The van der Waals surface area contributed by atoms with E-state index in [4.69, 9.17) is 9.47 Å². The fourth-order valence-electron chi connectivity index (χ4n) is 5.55. The van der Waals surface area contributed by atoms with E-state index >= 15 is 0 Å². The summed E-state index contributed by atoms with van der Waals surface area (Å²) in [5.41, 5.74) is 2.33. The molecule has 0 aliphatic carbocycles. The van der Waals surface area contributed by atoms with Gasteiger partial charge >= 0.3 is 0 Å². The maximum atomic E-state index is 6.51. The number of likely N-dealkylation sites (tertiary alicyclic amines) is 1. The molecule has 0 bridgehead atoms. The van der Waals surface area contributed by atoms with Gasteiger partial charge < -0.3 is 14.0 Å². The van der Waals surface area contributed by atoms with Crippen LogP contribution in [-0.2, 0) is 41.0 Å². The summed E-state index contributed by atoms with van der Waals surface area (Å²) in [6.07, 6.45) is 8.96. The second kappa shape index (κ2) is 10.5. The molecular formula is C25H37N7O2S. The smallest absolute Gasteiger partial charge is 0.157 e. The summed E-state index contributed by atoms with van der Waals surface area (Å²) < 4.78 is 15.7. The van der Waals surface area contributed by atoms with Crippen LogP contribution in [0.2, 0.25) is 0 Å². The molecule has 2 aliphatic rings. The van der Waals surface area contributed by atoms with Crippen LogP contribution in [0.4, 0.5) is 0 Å². The SMILES string of the molecule is CCc1cc2c(s1)CCO[C@@]21CCN(Cc2cn(C(C)c3nncn3CCCOC)nn2)[C@@H](C)C1. The van der Waals surface area contributed by atoms with Crippen molar-refractivity contribution in [2.24, 2.45) is 0 Å². The van der Waals surface area contributed by atoms with Gasteiger partial charge in [0.2, 0.25) is 0 Å². The van der Waals surface area contributed by atoms with Crippen molar-refractivity contribution in [3.05, 3.63) is 45.4 Å². The molecule has 10 heteroatoms. The number of aryl methyl sites for hydroxylation is 2. The summed E-state index contributed by atoms with van der Waals surface area (Å²) in [5.74, 6) is 0.887. The Hall–Kier alpha value is -2.14. The summed E-state index contributed by atoms with van der Waals surface area (Å²) in [7, 11) is 1.72. The van der Waals surface area contributed by atoms with Crippen molar-refractivity contribution in [3.63, 3.8) is 0 Å². The standard InChI is InChI=1S/C25H37N7O2S/c1-5-21-13-22-23(35-21)7-12-34-25(22)8-10-30(18(2)14-25)15-20-16-32(29-27-20)19(3)24-28-26-17-31(24)9-6-11-33-4/h13,16-19H,5-12,14-15H2,1-4H3/t18-,19?,25+/m0/s1. The van der Waals surface area contributed by atoms with Gasteiger partial charge in [-0.3, -0.25) is 4.90 Å². The Morgan fingerprint density at radius 1 is 1.34 bits per heavy atom. The van der Waals surface area contributed by atoms with Gasteiger partial charge in [-0.1, -0.05) is 12.1 Å². The van der Waals surface area contributed by atoms with Crippen molar-refractivity contribution < 1.29 is 9.47 Å². The van der Waals surface area contributed by atoms with Crippen molar-refractivity contribution in [3.8, 4) is 0 Å². The van der Waals surface area contributed by atoms with E-state index in [9.17, 15) is 0 Å². The Morgan fingerprint density at radius 2 is 2.23 bits per heavy atom. The lowest BCUT2D eigenvalue weighted by molar-refractivity contribution is -0.112. The average molecular weight is 500 g/mol. The van der Waals surface area contributed by atoms with Gasteiger partial charge in [0.25, 0.3) is 0 Å². The fourth-order valence-corrected chi connectivity index (χ4v) is 6.73. The molecule has 3 aromatic rings. The molecule has 1 fully saturated rings. The quantitative estimate of drug-likeness (QED) is 0.416. The summed E-state index contributed by atoms with van der Waals surface area (Å²) in [5, 5.41) is 17.4. The van der Waals surface area contributed by atoms with Gasteiger partial charge in [-0.05, 0) is 51.2 Å². The zero-order valence-electron chi connectivity index (χ0n) is 21.3. The Bertz CT molecular complexity index is 1120. The minimum absolute atomic E-state index is 0.0382. The summed E-state index contributed by atoms with van der Waals surface area (Å²) >= 11 is 1.99. The third kappa shape index (κ3) is 4.94. The van der Waals surface area contributed by atoms with E-state index in [2.05, 4.69) is 63.0 Å². The number of methoxy groups -OCH3 is 1. The lowest BCUT2D eigenvalue weighted by atomic mass is 9.79. The Labute approximate surface area is 211 Å². The van der Waals surface area contributed by atoms with E-state index in [0.29, 0.717) is 12.6 Å². The molecule has 1 spiro atoms. The second-order valence-corrected chi connectivity index (χ2v) is 11.1. The molecule has 3 atom stereocenters. The molecule has 0 amide bonds. The van der Waals surface area contributed by atoms with Gasteiger partial charge in [-0.2, -0.15) is 0 Å². The van der Waals surface area contributed by atoms with E-state index in [0.717, 1.165) is 69.9 Å². The number of fused-ring (bicyclic) bond motifs is 2. The van der Waals surface area contributed by atoms with E-state index < -0.39 is 0 Å². The lowest BCUT2D eigenvalue weighted by Crippen LogP contribution is -2.50. The molecule has 0 radical (unpaired) electrons. The van der Waals surface area contributed by atoms with Crippen LogP contribution in [0.25, 0.3) is 0 Å². The Morgan fingerprint density at radius 3 is 3.03 bits per heavy atom. The number of ether oxygens (including phenoxy) is 2. The van der Waals surface area contributed by atoms with Crippen LogP contribution in [0, 0.1) is 0 Å². The Balaban J connectivity index is 1.24. The monoisotopic (exact) mass is 499 g/mol. The third-order valence-corrected chi connectivity index (χ3v) is 8.88. The first-order valence-corrected chi connectivity index (χ1v) is 13.6. The van der Waals surface area contributed by atoms with E-state index in [-0.39, 0.29) is 11.6 Å². The molecule has 190 valence electrons. The molecule has 0 N–H and O–H groups in total. The highest BCUT2D eigenvalue weighted by atomic mass is 32.1. The van der Waals surface area contributed by atoms with Crippen molar-refractivity contribution >= 4 is 11.3 Å². The minimum Gasteiger partial charge on any atom is -0.385 e. The van der Waals surface area contributed by atoms with Gasteiger partial charge in [0.15, 0.2) is 5.82 Å². The maximum Gasteiger partial charge on any atom is 0.157 e. The van der Waals surface area contributed by atoms with Gasteiger partial charge in [0.05, 0.1) is 24.1 Å². The fraction of sp³-hybridized carbons (Fsp3) is 0.680. The topological polar surface area (TPSA) is 83.1 Å². The third-order valence-electron chi connectivity index (χ3n) is 7.54. The lowest BCUT2D eigenvalue weighted by Gasteiger charge is -2.47. The normalized spacial score (nSPS) is 23.6. The highest BCUT2D eigenvalue weighted by Crippen LogP contribution is 2.46. The highest BCUT2D eigenvalue weighted by molar-refractivity contribution is 7.12. The van der Waals surface area contributed by atoms with Crippen LogP contribution in [0.15, 0.2) is 18.6 Å². The van der Waals surface area contributed by atoms with Crippen molar-refractivity contribution in [1.82, 2.24) is 34.7 Å². The van der Waals surface area contributed by atoms with Crippen molar-refractivity contribution in [2.75, 3.05) is 26.9 Å². The van der Waals surface area contributed by atoms with Crippen LogP contribution >= 0.6 is 11.3 Å². The van der Waals surface area contributed by atoms with Crippen LogP contribution < -0.4 is 0 Å². The Kier molecular flexibility index (Phi) is 7.34. The average Bonchev–Trinajstić information content (AvgIpc) is 3.61. The molecule has 0 saturated carbocycles. The molecule has 2 aliphatic heterocycles. The summed E-state index contributed by atoms with van der Waals surface area (Å²) in [6.45, 7) is 10.8. The van der Waals surface area contributed by atoms with E-state index in [1.54, 1.807) is 18.3 Å². The number of hydrogen-bond acceptors (Lipinski definition) is 8. The highest BCUT2D eigenvalue weighted by Gasteiger charge is 2.44. The van der Waals surface area contributed by atoms with Crippen LogP contribution in [0.5, 0.6) is 0 Å². The molecule has 0 aromatic carbocycles. The summed E-state index contributed by atoms with van der Waals surface area (Å²) in [6, 6.07) is 2.79. The van der Waals surface area contributed by atoms with Crippen LogP contribution in [-0.4, -0.2) is 67.6 Å². The predicted molar refractivity (Wildman–Crippen MR) is 134 cm³/mol. The van der Waals surface area contributed by atoms with Crippen molar-refractivity contribution in [2.45, 2.75) is 83.6 Å². The van der Waals surface area contributed by atoms with Gasteiger partial charge in [0, 0.05) is 55.6 Å². The molecule has 1 saturated heterocycles. The zero-order chi connectivity index (χ0) is 24.4. The van der Waals surface area contributed by atoms with Gasteiger partial charge in [0.1, 0.15) is 12.4 Å². The number of thiophene rings is 1. The molecular weight excluding hydrogens is 462 g/mol. The molecule has 3 aromatic heterocycles. The van der Waals surface area contributed by atoms with Crippen LogP contribution in [0.3, 0.4) is 0 Å². The predicted octanol–water partition coefficient (Wildman–Crippen LogP) is 3.59. The van der Waals surface area contributed by atoms with E-state index in [1.807, 2.05) is 16.0 Å². The zero-order valence-corrected chi connectivity index (χ0v) is 22.1. The molecule has 5 heterocycles. The minimum atomic E-state index is -0.119. The maximum absolute atomic E-state index is 6.51. The summed E-state index contributed by atoms with van der Waals surface area (Å²) in [4.78, 5) is 5.54. The molecule has 35 heavy (non-hydrogen) atoms. The number of hydrogen-bond donors (Lipinski definition) is 0. The number of piperidine rings is 1. The first-order chi connectivity index (χ1) is 17.0. The number of aromatic nitrogens is 6. The number of rotatable bonds is 9. The number of nitrogens with zero attached hydrogens (tertiary/aromatic N) is 7.